The molecule has 2 N–H and O–H groups in total. The van der Waals surface area contributed by atoms with Gasteiger partial charge in [-0.1, -0.05) is 43.7 Å². The molecule has 1 aliphatic heterocycles. The lowest BCUT2D eigenvalue weighted by Crippen LogP contribution is -2.53. The number of amides is 1. The first-order valence-electron chi connectivity index (χ1n) is 7.69. The fraction of sp³-hybridized carbons (Fsp3) is 0.588. The third-order valence-corrected chi connectivity index (χ3v) is 4.32. The van der Waals surface area contributed by atoms with Crippen LogP contribution < -0.4 is 5.73 Å². The molecule has 0 aromatic heterocycles. The maximum Gasteiger partial charge on any atom is 0.246 e. The summed E-state index contributed by atoms with van der Waals surface area (Å²) in [5, 5.41) is 0. The van der Waals surface area contributed by atoms with Gasteiger partial charge in [-0.15, -0.1) is 0 Å². The van der Waals surface area contributed by atoms with Crippen molar-refractivity contribution < 1.29 is 4.79 Å². The number of hydrogen-bond donors (Lipinski definition) is 1. The summed E-state index contributed by atoms with van der Waals surface area (Å²) in [5.41, 5.74) is 6.31. The number of nitrogens with zero attached hydrogens (tertiary/aromatic N) is 1. The Kier molecular flexibility index (Phi) is 4.81. The molecule has 0 radical (unpaired) electrons. The van der Waals surface area contributed by atoms with Crippen LogP contribution in [-0.4, -0.2) is 23.9 Å². The Bertz CT molecular complexity index is 440. The number of carbonyl (C=O) groups excluding carboxylic acids is 1. The van der Waals surface area contributed by atoms with E-state index in [-0.39, 0.29) is 5.91 Å². The standard InChI is InChI=1S/C17H26N2O/c1-3-8-14-9-7-12-19(13-14)16(20)17(2,18)15-10-5-4-6-11-15/h4-6,10-11,14H,3,7-9,12-13,18H2,1-2H3. The maximum absolute atomic E-state index is 12.8. The van der Waals surface area contributed by atoms with Crippen molar-refractivity contribution in [2.45, 2.75) is 45.1 Å². The van der Waals surface area contributed by atoms with Gasteiger partial charge in [0, 0.05) is 13.1 Å². The monoisotopic (exact) mass is 274 g/mol. The molecule has 1 aromatic carbocycles. The molecule has 3 nitrogen and oxygen atoms in total. The second kappa shape index (κ2) is 6.40. The van der Waals surface area contributed by atoms with Gasteiger partial charge in [0.1, 0.15) is 5.54 Å². The Balaban J connectivity index is 2.10. The summed E-state index contributed by atoms with van der Waals surface area (Å²) in [6.45, 7) is 5.75. The number of hydrogen-bond acceptors (Lipinski definition) is 2. The van der Waals surface area contributed by atoms with Crippen molar-refractivity contribution in [3.8, 4) is 0 Å². The average Bonchev–Trinajstić information content (AvgIpc) is 2.48. The van der Waals surface area contributed by atoms with Crippen LogP contribution in [0.2, 0.25) is 0 Å². The van der Waals surface area contributed by atoms with Crippen molar-refractivity contribution in [3.63, 3.8) is 0 Å². The quantitative estimate of drug-likeness (QED) is 0.917. The van der Waals surface area contributed by atoms with Crippen molar-refractivity contribution in [2.75, 3.05) is 13.1 Å². The highest BCUT2D eigenvalue weighted by Gasteiger charge is 2.36. The number of nitrogens with two attached hydrogens (primary N) is 1. The lowest BCUT2D eigenvalue weighted by atomic mass is 9.88. The van der Waals surface area contributed by atoms with Gasteiger partial charge in [-0.25, -0.2) is 0 Å². The first kappa shape index (κ1) is 15.0. The minimum atomic E-state index is -0.921. The van der Waals surface area contributed by atoms with Crippen LogP contribution >= 0.6 is 0 Å². The number of carbonyl (C=O) groups is 1. The van der Waals surface area contributed by atoms with E-state index in [1.54, 1.807) is 0 Å². The van der Waals surface area contributed by atoms with Crippen LogP contribution in [-0.2, 0) is 10.3 Å². The Morgan fingerprint density at radius 2 is 2.10 bits per heavy atom. The van der Waals surface area contributed by atoms with Crippen LogP contribution in [0.25, 0.3) is 0 Å². The van der Waals surface area contributed by atoms with E-state index in [0.29, 0.717) is 5.92 Å². The minimum Gasteiger partial charge on any atom is -0.341 e. The molecular weight excluding hydrogens is 248 g/mol. The summed E-state index contributed by atoms with van der Waals surface area (Å²) in [6, 6.07) is 9.69. The third-order valence-electron chi connectivity index (χ3n) is 4.32. The molecule has 0 bridgehead atoms. The van der Waals surface area contributed by atoms with Crippen LogP contribution in [0.15, 0.2) is 30.3 Å². The number of rotatable bonds is 4. The topological polar surface area (TPSA) is 46.3 Å². The summed E-state index contributed by atoms with van der Waals surface area (Å²) in [5.74, 6) is 0.703. The van der Waals surface area contributed by atoms with Crippen LogP contribution in [0.1, 0.15) is 45.1 Å². The molecule has 0 saturated carbocycles. The van der Waals surface area contributed by atoms with Gasteiger partial charge in [0.15, 0.2) is 0 Å². The summed E-state index contributed by atoms with van der Waals surface area (Å²) < 4.78 is 0. The minimum absolute atomic E-state index is 0.0597. The van der Waals surface area contributed by atoms with Gasteiger partial charge < -0.3 is 10.6 Å². The molecule has 2 atom stereocenters. The molecule has 1 aliphatic rings. The summed E-state index contributed by atoms with van der Waals surface area (Å²) in [4.78, 5) is 14.7. The second-order valence-corrected chi connectivity index (χ2v) is 6.12. The average molecular weight is 274 g/mol. The summed E-state index contributed by atoms with van der Waals surface area (Å²) >= 11 is 0. The molecule has 1 amide bonds. The number of likely N-dealkylation sites (tertiary alicyclic amines) is 1. The second-order valence-electron chi connectivity index (χ2n) is 6.12. The summed E-state index contributed by atoms with van der Waals surface area (Å²) in [6.07, 6.45) is 4.73. The van der Waals surface area contributed by atoms with Gasteiger partial charge in [0.05, 0.1) is 0 Å². The molecular formula is C17H26N2O. The highest BCUT2D eigenvalue weighted by atomic mass is 16.2. The Morgan fingerprint density at radius 1 is 1.40 bits per heavy atom. The largest absolute Gasteiger partial charge is 0.341 e. The van der Waals surface area contributed by atoms with E-state index >= 15 is 0 Å². The molecule has 0 aliphatic carbocycles. The Morgan fingerprint density at radius 3 is 2.75 bits per heavy atom. The molecule has 1 fully saturated rings. The molecule has 1 aromatic rings. The van der Waals surface area contributed by atoms with E-state index in [1.807, 2.05) is 42.2 Å². The highest BCUT2D eigenvalue weighted by Crippen LogP contribution is 2.26. The molecule has 20 heavy (non-hydrogen) atoms. The number of benzene rings is 1. The normalized spacial score (nSPS) is 22.4. The van der Waals surface area contributed by atoms with Crippen LogP contribution in [0.4, 0.5) is 0 Å². The van der Waals surface area contributed by atoms with E-state index in [0.717, 1.165) is 25.1 Å². The third kappa shape index (κ3) is 3.21. The highest BCUT2D eigenvalue weighted by molar-refractivity contribution is 5.87. The van der Waals surface area contributed by atoms with Crippen LogP contribution in [0.5, 0.6) is 0 Å². The van der Waals surface area contributed by atoms with Crippen molar-refractivity contribution in [2.24, 2.45) is 11.7 Å². The van der Waals surface area contributed by atoms with Gasteiger partial charge in [-0.2, -0.15) is 0 Å². The van der Waals surface area contributed by atoms with E-state index < -0.39 is 5.54 Å². The van der Waals surface area contributed by atoms with E-state index in [9.17, 15) is 4.79 Å². The molecule has 2 unspecified atom stereocenters. The first-order valence-corrected chi connectivity index (χ1v) is 7.69. The van der Waals surface area contributed by atoms with Gasteiger partial charge in [-0.05, 0) is 37.7 Å². The van der Waals surface area contributed by atoms with Gasteiger partial charge in [0.2, 0.25) is 5.91 Å². The Hall–Kier alpha value is -1.35. The van der Waals surface area contributed by atoms with Gasteiger partial charge in [0.25, 0.3) is 0 Å². The van der Waals surface area contributed by atoms with Crippen molar-refractivity contribution >= 4 is 5.91 Å². The van der Waals surface area contributed by atoms with Crippen molar-refractivity contribution in [1.82, 2.24) is 4.90 Å². The lowest BCUT2D eigenvalue weighted by Gasteiger charge is -2.37. The molecule has 1 heterocycles. The van der Waals surface area contributed by atoms with Gasteiger partial charge in [-0.3, -0.25) is 4.79 Å². The Labute approximate surface area is 122 Å². The van der Waals surface area contributed by atoms with Crippen LogP contribution in [0, 0.1) is 5.92 Å². The van der Waals surface area contributed by atoms with Crippen molar-refractivity contribution in [1.29, 1.82) is 0 Å². The molecule has 1 saturated heterocycles. The van der Waals surface area contributed by atoms with Crippen molar-refractivity contribution in [3.05, 3.63) is 35.9 Å². The fourth-order valence-electron chi connectivity index (χ4n) is 3.13. The van der Waals surface area contributed by atoms with E-state index in [4.69, 9.17) is 5.73 Å². The SMILES string of the molecule is CCCC1CCCN(C(=O)C(C)(N)c2ccccc2)C1. The predicted octanol–water partition coefficient (Wildman–Crippen LogP) is 2.90. The molecule has 2 rings (SSSR count). The zero-order valence-electron chi connectivity index (χ0n) is 12.6. The van der Waals surface area contributed by atoms with E-state index in [2.05, 4.69) is 6.92 Å². The maximum atomic E-state index is 12.8. The molecule has 110 valence electrons. The van der Waals surface area contributed by atoms with Gasteiger partial charge >= 0.3 is 0 Å². The smallest absolute Gasteiger partial charge is 0.246 e. The first-order chi connectivity index (χ1) is 9.55. The van der Waals surface area contributed by atoms with Crippen LogP contribution in [0.3, 0.4) is 0 Å². The number of piperidine rings is 1. The zero-order chi connectivity index (χ0) is 14.6. The zero-order valence-corrected chi connectivity index (χ0v) is 12.6. The molecule has 3 heteroatoms. The molecule has 0 spiro atoms. The predicted molar refractivity (Wildman–Crippen MR) is 82.2 cm³/mol. The summed E-state index contributed by atoms with van der Waals surface area (Å²) in [7, 11) is 0. The van der Waals surface area contributed by atoms with E-state index in [1.165, 1.54) is 19.3 Å². The fourth-order valence-corrected chi connectivity index (χ4v) is 3.13. The lowest BCUT2D eigenvalue weighted by molar-refractivity contribution is -0.138.